The fourth-order valence-corrected chi connectivity index (χ4v) is 2.21. The zero-order valence-corrected chi connectivity index (χ0v) is 12.5. The van der Waals surface area contributed by atoms with Crippen LogP contribution in [0.15, 0.2) is 16.6 Å². The van der Waals surface area contributed by atoms with Gasteiger partial charge in [-0.3, -0.25) is 0 Å². The van der Waals surface area contributed by atoms with Gasteiger partial charge in [0, 0.05) is 16.2 Å². The number of rotatable bonds is 4. The number of nitrogens with one attached hydrogen (secondary N) is 1. The normalized spacial score (nSPS) is 12.9. The van der Waals surface area contributed by atoms with E-state index in [2.05, 4.69) is 68.0 Å². The Hall–Kier alpha value is -0.500. The first-order chi connectivity index (χ1) is 7.45. The van der Waals surface area contributed by atoms with Crippen molar-refractivity contribution in [1.29, 1.82) is 0 Å². The third-order valence-electron chi connectivity index (χ3n) is 3.03. The van der Waals surface area contributed by atoms with Gasteiger partial charge in [0.2, 0.25) is 0 Å². The molecule has 0 heterocycles. The van der Waals surface area contributed by atoms with Crippen molar-refractivity contribution in [3.05, 3.63) is 27.7 Å². The molecular formula is C14H22BrN. The Morgan fingerprint density at radius 2 is 1.69 bits per heavy atom. The van der Waals surface area contributed by atoms with Crippen LogP contribution in [0.25, 0.3) is 0 Å². The molecule has 0 bridgehead atoms. The molecule has 0 aromatic heterocycles. The highest BCUT2D eigenvalue weighted by Crippen LogP contribution is 2.26. The lowest BCUT2D eigenvalue weighted by Gasteiger charge is -2.23. The number of benzene rings is 1. The first-order valence-electron chi connectivity index (χ1n) is 5.99. The van der Waals surface area contributed by atoms with Gasteiger partial charge in [-0.25, -0.2) is 0 Å². The number of anilines is 1. The number of aryl methyl sites for hydroxylation is 2. The third-order valence-corrected chi connectivity index (χ3v) is 4.28. The van der Waals surface area contributed by atoms with Crippen LogP contribution >= 0.6 is 15.9 Å². The summed E-state index contributed by atoms with van der Waals surface area (Å²) in [5.74, 6) is 0.661. The second-order valence-electron chi connectivity index (χ2n) is 4.83. The molecule has 0 aliphatic rings. The van der Waals surface area contributed by atoms with Crippen molar-refractivity contribution in [3.63, 3.8) is 0 Å². The summed E-state index contributed by atoms with van der Waals surface area (Å²) in [7, 11) is 0. The van der Waals surface area contributed by atoms with Gasteiger partial charge in [0.15, 0.2) is 0 Å². The van der Waals surface area contributed by atoms with Gasteiger partial charge >= 0.3 is 0 Å². The molecular weight excluding hydrogens is 262 g/mol. The van der Waals surface area contributed by atoms with Gasteiger partial charge in [0.05, 0.1) is 0 Å². The van der Waals surface area contributed by atoms with Gasteiger partial charge in [-0.05, 0) is 49.4 Å². The molecule has 1 aromatic rings. The molecule has 0 aliphatic heterocycles. The van der Waals surface area contributed by atoms with Crippen molar-refractivity contribution in [2.24, 2.45) is 5.92 Å². The fraction of sp³-hybridized carbons (Fsp3) is 0.571. The van der Waals surface area contributed by atoms with E-state index in [1.54, 1.807) is 0 Å². The highest BCUT2D eigenvalue weighted by atomic mass is 79.9. The molecule has 0 fully saturated rings. The second kappa shape index (κ2) is 5.72. The molecule has 1 unspecified atom stereocenters. The monoisotopic (exact) mass is 283 g/mol. The van der Waals surface area contributed by atoms with E-state index in [-0.39, 0.29) is 0 Å². The summed E-state index contributed by atoms with van der Waals surface area (Å²) in [5, 5.41) is 3.62. The second-order valence-corrected chi connectivity index (χ2v) is 5.62. The molecule has 1 N–H and O–H groups in total. The molecule has 2 heteroatoms. The van der Waals surface area contributed by atoms with Crippen LogP contribution in [-0.2, 0) is 0 Å². The topological polar surface area (TPSA) is 12.0 Å². The highest BCUT2D eigenvalue weighted by Gasteiger charge is 2.11. The standard InChI is InChI=1S/C14H22BrN/c1-6-13(9(2)3)16-12-7-10(4)14(15)11(5)8-12/h7-9,13,16H,6H2,1-5H3. The zero-order chi connectivity index (χ0) is 12.3. The van der Waals surface area contributed by atoms with Crippen LogP contribution in [0.1, 0.15) is 38.3 Å². The first kappa shape index (κ1) is 13.6. The van der Waals surface area contributed by atoms with Crippen LogP contribution in [0.2, 0.25) is 0 Å². The summed E-state index contributed by atoms with van der Waals surface area (Å²) in [4.78, 5) is 0. The molecule has 0 radical (unpaired) electrons. The molecule has 0 saturated heterocycles. The summed E-state index contributed by atoms with van der Waals surface area (Å²) in [6.45, 7) is 11.0. The summed E-state index contributed by atoms with van der Waals surface area (Å²) < 4.78 is 1.22. The zero-order valence-electron chi connectivity index (χ0n) is 10.9. The van der Waals surface area contributed by atoms with Crippen molar-refractivity contribution in [2.45, 2.75) is 47.1 Å². The Morgan fingerprint density at radius 3 is 2.06 bits per heavy atom. The average Bonchev–Trinajstić information content (AvgIpc) is 2.21. The predicted octanol–water partition coefficient (Wildman–Crippen LogP) is 4.91. The minimum absolute atomic E-state index is 0.556. The smallest absolute Gasteiger partial charge is 0.0348 e. The molecule has 0 amide bonds. The average molecular weight is 284 g/mol. The van der Waals surface area contributed by atoms with Gasteiger partial charge in [-0.15, -0.1) is 0 Å². The predicted molar refractivity (Wildman–Crippen MR) is 76.2 cm³/mol. The Bertz CT molecular complexity index is 335. The maximum atomic E-state index is 3.62. The summed E-state index contributed by atoms with van der Waals surface area (Å²) >= 11 is 3.60. The van der Waals surface area contributed by atoms with Crippen molar-refractivity contribution in [2.75, 3.05) is 5.32 Å². The van der Waals surface area contributed by atoms with E-state index in [0.717, 1.165) is 6.42 Å². The molecule has 0 spiro atoms. The van der Waals surface area contributed by atoms with Gasteiger partial charge in [-0.1, -0.05) is 36.7 Å². The Kier molecular flexibility index (Phi) is 4.85. The SMILES string of the molecule is CCC(Nc1cc(C)c(Br)c(C)c1)C(C)C. The van der Waals surface area contributed by atoms with Crippen molar-refractivity contribution < 1.29 is 0 Å². The third kappa shape index (κ3) is 3.24. The summed E-state index contributed by atoms with van der Waals surface area (Å²) in [6, 6.07) is 4.98. The van der Waals surface area contributed by atoms with E-state index in [9.17, 15) is 0 Å². The van der Waals surface area contributed by atoms with Gasteiger partial charge in [-0.2, -0.15) is 0 Å². The van der Waals surface area contributed by atoms with E-state index in [0.29, 0.717) is 12.0 Å². The van der Waals surface area contributed by atoms with Crippen LogP contribution in [0.5, 0.6) is 0 Å². The lowest BCUT2D eigenvalue weighted by Crippen LogP contribution is -2.24. The fourth-order valence-electron chi connectivity index (χ4n) is 1.98. The molecule has 90 valence electrons. The van der Waals surface area contributed by atoms with E-state index < -0.39 is 0 Å². The van der Waals surface area contributed by atoms with Crippen LogP contribution in [0.3, 0.4) is 0 Å². The van der Waals surface area contributed by atoms with Crippen LogP contribution in [0.4, 0.5) is 5.69 Å². The van der Waals surface area contributed by atoms with Crippen molar-refractivity contribution >= 4 is 21.6 Å². The van der Waals surface area contributed by atoms with Crippen molar-refractivity contribution in [1.82, 2.24) is 0 Å². The Labute approximate surface area is 108 Å². The number of hydrogen-bond acceptors (Lipinski definition) is 1. The molecule has 1 nitrogen and oxygen atoms in total. The van der Waals surface area contributed by atoms with Crippen LogP contribution < -0.4 is 5.32 Å². The van der Waals surface area contributed by atoms with E-state index in [4.69, 9.17) is 0 Å². The summed E-state index contributed by atoms with van der Waals surface area (Å²) in [6.07, 6.45) is 1.16. The quantitative estimate of drug-likeness (QED) is 0.828. The van der Waals surface area contributed by atoms with E-state index >= 15 is 0 Å². The van der Waals surface area contributed by atoms with E-state index in [1.165, 1.54) is 21.3 Å². The molecule has 1 aromatic carbocycles. The van der Waals surface area contributed by atoms with Crippen molar-refractivity contribution in [3.8, 4) is 0 Å². The minimum Gasteiger partial charge on any atom is -0.382 e. The van der Waals surface area contributed by atoms with Crippen LogP contribution in [0, 0.1) is 19.8 Å². The molecule has 1 rings (SSSR count). The van der Waals surface area contributed by atoms with Gasteiger partial charge < -0.3 is 5.32 Å². The maximum Gasteiger partial charge on any atom is 0.0348 e. The largest absolute Gasteiger partial charge is 0.382 e. The summed E-state index contributed by atoms with van der Waals surface area (Å²) in [5.41, 5.74) is 3.82. The maximum absolute atomic E-state index is 3.62. The van der Waals surface area contributed by atoms with Crippen LogP contribution in [-0.4, -0.2) is 6.04 Å². The molecule has 0 saturated carbocycles. The van der Waals surface area contributed by atoms with Gasteiger partial charge in [0.1, 0.15) is 0 Å². The number of hydrogen-bond donors (Lipinski definition) is 1. The molecule has 16 heavy (non-hydrogen) atoms. The van der Waals surface area contributed by atoms with Gasteiger partial charge in [0.25, 0.3) is 0 Å². The minimum atomic E-state index is 0.556. The lowest BCUT2D eigenvalue weighted by molar-refractivity contribution is 0.511. The lowest BCUT2D eigenvalue weighted by atomic mass is 10.0. The number of halogens is 1. The highest BCUT2D eigenvalue weighted by molar-refractivity contribution is 9.10. The molecule has 0 aliphatic carbocycles. The molecule has 1 atom stereocenters. The first-order valence-corrected chi connectivity index (χ1v) is 6.78. The van der Waals surface area contributed by atoms with E-state index in [1.807, 2.05) is 0 Å². The Balaban J connectivity index is 2.89. The Morgan fingerprint density at radius 1 is 1.19 bits per heavy atom.